The molecule has 5 aliphatic carbocycles. The fourth-order valence-corrected chi connectivity index (χ4v) is 13.0. The summed E-state index contributed by atoms with van der Waals surface area (Å²) in [6.07, 6.45) is 13.9. The molecule has 5 heteroatoms. The molecular formula is C42H62N2O3. The lowest BCUT2D eigenvalue weighted by Crippen LogP contribution is -2.68. The van der Waals surface area contributed by atoms with E-state index in [1.54, 1.807) is 0 Å². The molecule has 258 valence electrons. The number of ether oxygens (including phenoxy) is 1. The molecule has 0 bridgehead atoms. The first-order valence-electron chi connectivity index (χ1n) is 18.5. The number of carbonyl (C=O) groups is 2. The maximum atomic E-state index is 13.4. The van der Waals surface area contributed by atoms with E-state index in [9.17, 15) is 9.59 Å². The highest BCUT2D eigenvalue weighted by molar-refractivity contribution is 5.90. The second kappa shape index (κ2) is 11.9. The lowest BCUT2D eigenvalue weighted by molar-refractivity contribution is -0.219. The summed E-state index contributed by atoms with van der Waals surface area (Å²) < 4.78 is 4.95. The van der Waals surface area contributed by atoms with Crippen molar-refractivity contribution in [1.82, 2.24) is 10.2 Å². The van der Waals surface area contributed by atoms with Gasteiger partial charge in [-0.15, -0.1) is 0 Å². The number of nitrogens with zero attached hydrogens (tertiary/aromatic N) is 1. The van der Waals surface area contributed by atoms with Gasteiger partial charge in [0.25, 0.3) is 0 Å². The number of esters is 1. The van der Waals surface area contributed by atoms with Gasteiger partial charge in [-0.1, -0.05) is 65.0 Å². The van der Waals surface area contributed by atoms with Crippen molar-refractivity contribution in [2.24, 2.45) is 51.2 Å². The molecule has 0 aliphatic heterocycles. The molecule has 1 aromatic rings. The normalized spacial score (nSPS) is 40.3. The SMILES string of the molecule is C=C(C)C1CCC2(NC(=O)CCN(C)C)CCC3(C)C(CCC4C5(C)CC=C(c6ccc(C(=O)OC)cc6)C(C)(C)C5CCC43C)C12. The summed E-state index contributed by atoms with van der Waals surface area (Å²) >= 11 is 0. The van der Waals surface area contributed by atoms with Crippen LogP contribution in [0.1, 0.15) is 122 Å². The Kier molecular flexibility index (Phi) is 8.71. The Hall–Kier alpha value is -2.40. The minimum Gasteiger partial charge on any atom is -0.465 e. The Morgan fingerprint density at radius 3 is 2.26 bits per heavy atom. The van der Waals surface area contributed by atoms with Crippen molar-refractivity contribution >= 4 is 17.4 Å². The van der Waals surface area contributed by atoms with Crippen molar-refractivity contribution in [3.05, 3.63) is 53.6 Å². The number of hydrogen-bond acceptors (Lipinski definition) is 4. The van der Waals surface area contributed by atoms with Crippen LogP contribution in [0.2, 0.25) is 0 Å². The molecule has 47 heavy (non-hydrogen) atoms. The summed E-state index contributed by atoms with van der Waals surface area (Å²) in [5, 5.41) is 3.73. The molecule has 0 radical (unpaired) electrons. The summed E-state index contributed by atoms with van der Waals surface area (Å²) in [5.41, 5.74) is 5.27. The summed E-state index contributed by atoms with van der Waals surface area (Å²) in [4.78, 5) is 27.7. The van der Waals surface area contributed by atoms with Crippen molar-refractivity contribution in [2.45, 2.75) is 111 Å². The van der Waals surface area contributed by atoms with Gasteiger partial charge in [-0.05, 0) is 153 Å². The molecule has 1 amide bonds. The fraction of sp³-hybridized carbons (Fsp3) is 0.714. The van der Waals surface area contributed by atoms with Crippen molar-refractivity contribution in [1.29, 1.82) is 0 Å². The van der Waals surface area contributed by atoms with Gasteiger partial charge in [0, 0.05) is 18.5 Å². The lowest BCUT2D eigenvalue weighted by atomic mass is 9.33. The Balaban J connectivity index is 1.31. The van der Waals surface area contributed by atoms with E-state index in [-0.39, 0.29) is 39.1 Å². The second-order valence-electron chi connectivity index (χ2n) is 18.1. The molecule has 9 unspecified atom stereocenters. The van der Waals surface area contributed by atoms with Gasteiger partial charge < -0.3 is 15.0 Å². The van der Waals surface area contributed by atoms with Gasteiger partial charge in [-0.3, -0.25) is 4.79 Å². The van der Waals surface area contributed by atoms with Gasteiger partial charge >= 0.3 is 5.97 Å². The van der Waals surface area contributed by atoms with Crippen LogP contribution in [-0.2, 0) is 9.53 Å². The summed E-state index contributed by atoms with van der Waals surface area (Å²) in [7, 11) is 5.54. The van der Waals surface area contributed by atoms with Crippen LogP contribution in [0.4, 0.5) is 0 Å². The van der Waals surface area contributed by atoms with Crippen LogP contribution in [0.25, 0.3) is 5.57 Å². The third kappa shape index (κ3) is 5.19. The zero-order chi connectivity index (χ0) is 34.2. The van der Waals surface area contributed by atoms with E-state index in [0.717, 1.165) is 32.2 Å². The molecule has 6 rings (SSSR count). The van der Waals surface area contributed by atoms with Crippen LogP contribution in [-0.4, -0.2) is 50.1 Å². The van der Waals surface area contributed by atoms with Crippen molar-refractivity contribution in [2.75, 3.05) is 27.7 Å². The van der Waals surface area contributed by atoms with Crippen LogP contribution in [0.3, 0.4) is 0 Å². The molecule has 9 atom stereocenters. The highest BCUT2D eigenvalue weighted by Gasteiger charge is 2.70. The van der Waals surface area contributed by atoms with Crippen LogP contribution >= 0.6 is 0 Å². The molecule has 0 aromatic heterocycles. The molecule has 0 heterocycles. The third-order valence-corrected chi connectivity index (χ3v) is 15.4. The summed E-state index contributed by atoms with van der Waals surface area (Å²) in [6.45, 7) is 20.6. The average molecular weight is 643 g/mol. The minimum atomic E-state index is -0.282. The molecule has 1 aromatic carbocycles. The monoisotopic (exact) mass is 642 g/mol. The smallest absolute Gasteiger partial charge is 0.337 e. The van der Waals surface area contributed by atoms with Crippen LogP contribution in [0.5, 0.6) is 0 Å². The van der Waals surface area contributed by atoms with E-state index >= 15 is 0 Å². The highest BCUT2D eigenvalue weighted by atomic mass is 16.5. The number of benzene rings is 1. The Morgan fingerprint density at radius 2 is 1.62 bits per heavy atom. The van der Waals surface area contributed by atoms with E-state index in [4.69, 9.17) is 4.74 Å². The van der Waals surface area contributed by atoms with Crippen molar-refractivity contribution < 1.29 is 14.3 Å². The van der Waals surface area contributed by atoms with Crippen molar-refractivity contribution in [3.8, 4) is 0 Å². The highest BCUT2D eigenvalue weighted by Crippen LogP contribution is 2.76. The molecule has 5 aliphatic rings. The van der Waals surface area contributed by atoms with Gasteiger partial charge in [0.1, 0.15) is 0 Å². The first-order chi connectivity index (χ1) is 22.0. The van der Waals surface area contributed by atoms with Crippen LogP contribution in [0.15, 0.2) is 42.5 Å². The number of rotatable bonds is 7. The van der Waals surface area contributed by atoms with Crippen molar-refractivity contribution in [3.63, 3.8) is 0 Å². The number of nitrogens with one attached hydrogen (secondary N) is 1. The molecule has 1 N–H and O–H groups in total. The fourth-order valence-electron chi connectivity index (χ4n) is 13.0. The molecule has 4 saturated carbocycles. The van der Waals surface area contributed by atoms with Gasteiger partial charge in [0.05, 0.1) is 12.7 Å². The Morgan fingerprint density at radius 1 is 0.915 bits per heavy atom. The molecule has 0 spiro atoms. The second-order valence-corrected chi connectivity index (χ2v) is 18.1. The first kappa shape index (κ1) is 34.5. The minimum absolute atomic E-state index is 0.0356. The van der Waals surface area contributed by atoms with Crippen LogP contribution in [0, 0.1) is 51.2 Å². The maximum Gasteiger partial charge on any atom is 0.337 e. The zero-order valence-corrected chi connectivity index (χ0v) is 30.9. The quantitative estimate of drug-likeness (QED) is 0.238. The molecule has 5 nitrogen and oxygen atoms in total. The summed E-state index contributed by atoms with van der Waals surface area (Å²) in [6, 6.07) is 8.08. The maximum absolute atomic E-state index is 13.4. The molecule has 4 fully saturated rings. The van der Waals surface area contributed by atoms with E-state index in [2.05, 4.69) is 90.6 Å². The number of methoxy groups -OCH3 is 1. The third-order valence-electron chi connectivity index (χ3n) is 15.4. The predicted octanol–water partition coefficient (Wildman–Crippen LogP) is 8.94. The lowest BCUT2D eigenvalue weighted by Gasteiger charge is -2.72. The number of amides is 1. The molecular weight excluding hydrogens is 580 g/mol. The topological polar surface area (TPSA) is 58.6 Å². The predicted molar refractivity (Wildman–Crippen MR) is 192 cm³/mol. The Labute approximate surface area is 285 Å². The standard InChI is InChI=1S/C42H62N2O3/c1-27(2)30-17-23-42(43-35(45)20-26-44(8)9)25-24-40(6)32(36(30)42)15-16-34-39(5)21-18-31(28-11-13-29(14-12-28)37(46)47-10)38(3,4)33(39)19-22-41(34,40)7/h11-14,18,30,32-34,36H,1,15-17,19-26H2,2-10H3,(H,43,45). The molecule has 0 saturated heterocycles. The van der Waals surface area contributed by atoms with Gasteiger partial charge in [0.2, 0.25) is 5.91 Å². The number of allylic oxidation sites excluding steroid dienone is 3. The van der Waals surface area contributed by atoms with E-state index in [0.29, 0.717) is 41.6 Å². The van der Waals surface area contributed by atoms with Gasteiger partial charge in [-0.2, -0.15) is 0 Å². The first-order valence-corrected chi connectivity index (χ1v) is 18.5. The van der Waals surface area contributed by atoms with Gasteiger partial charge in [-0.25, -0.2) is 4.79 Å². The van der Waals surface area contributed by atoms with Gasteiger partial charge in [0.15, 0.2) is 0 Å². The largest absolute Gasteiger partial charge is 0.465 e. The summed E-state index contributed by atoms with van der Waals surface area (Å²) in [5.74, 6) is 2.79. The number of carbonyl (C=O) groups excluding carboxylic acids is 2. The Bertz CT molecular complexity index is 1440. The number of fused-ring (bicyclic) bond motifs is 7. The van der Waals surface area contributed by atoms with Crippen LogP contribution < -0.4 is 5.32 Å². The zero-order valence-electron chi connectivity index (χ0n) is 30.9. The van der Waals surface area contributed by atoms with E-state index in [1.165, 1.54) is 55.9 Å². The van der Waals surface area contributed by atoms with E-state index < -0.39 is 0 Å². The van der Waals surface area contributed by atoms with E-state index in [1.807, 2.05) is 12.1 Å². The number of hydrogen-bond donors (Lipinski definition) is 1. The average Bonchev–Trinajstić information content (AvgIpc) is 3.39.